The number of para-hydroxylation sites is 1. The molecule has 18 heavy (non-hydrogen) atoms. The van der Waals surface area contributed by atoms with E-state index in [1.54, 1.807) is 0 Å². The van der Waals surface area contributed by atoms with E-state index >= 15 is 0 Å². The Bertz CT molecular complexity index is 568. The van der Waals surface area contributed by atoms with Crippen molar-refractivity contribution in [2.75, 3.05) is 7.11 Å². The van der Waals surface area contributed by atoms with Crippen molar-refractivity contribution in [3.63, 3.8) is 0 Å². The van der Waals surface area contributed by atoms with Crippen molar-refractivity contribution in [1.29, 1.82) is 0 Å². The maximum absolute atomic E-state index is 11.3. The third-order valence-electron chi connectivity index (χ3n) is 1.72. The van der Waals surface area contributed by atoms with Gasteiger partial charge in [0.25, 0.3) is 0 Å². The lowest BCUT2D eigenvalue weighted by Gasteiger charge is -2.09. The summed E-state index contributed by atoms with van der Waals surface area (Å²) in [5.41, 5.74) is 4.55. The second-order valence-electron chi connectivity index (χ2n) is 2.99. The highest BCUT2D eigenvalue weighted by atomic mass is 32.2. The van der Waals surface area contributed by atoms with Crippen LogP contribution in [0.1, 0.15) is 10.4 Å². The van der Waals surface area contributed by atoms with E-state index in [1.807, 2.05) is 0 Å². The van der Waals surface area contributed by atoms with Gasteiger partial charge in [-0.1, -0.05) is 12.1 Å². The number of nitrogens with two attached hydrogens (primary N) is 1. The van der Waals surface area contributed by atoms with E-state index in [1.165, 1.54) is 29.0 Å². The first kappa shape index (κ1) is 13.8. The number of ether oxygens (including phenoxy) is 1. The molecule has 0 aliphatic rings. The molecule has 0 saturated carbocycles. The van der Waals surface area contributed by atoms with E-state index in [2.05, 4.69) is 14.7 Å². The van der Waals surface area contributed by atoms with E-state index < -0.39 is 22.3 Å². The van der Waals surface area contributed by atoms with Crippen LogP contribution in [0.2, 0.25) is 0 Å². The molecular formula is C9H10N2O6S. The first-order valence-corrected chi connectivity index (χ1v) is 5.95. The van der Waals surface area contributed by atoms with Gasteiger partial charge in [0.05, 0.1) is 7.11 Å². The number of benzene rings is 1. The van der Waals surface area contributed by atoms with Crippen molar-refractivity contribution in [3.8, 4) is 5.75 Å². The number of rotatable bonds is 4. The summed E-state index contributed by atoms with van der Waals surface area (Å²) in [4.78, 5) is 21.8. The first-order valence-electron chi connectivity index (χ1n) is 4.54. The predicted octanol–water partition coefficient (Wildman–Crippen LogP) is -0.235. The fraction of sp³-hybridized carbons (Fsp3) is 0.111. The van der Waals surface area contributed by atoms with Crippen molar-refractivity contribution < 1.29 is 26.9 Å². The van der Waals surface area contributed by atoms with Crippen LogP contribution >= 0.6 is 0 Å². The van der Waals surface area contributed by atoms with Crippen molar-refractivity contribution >= 4 is 22.3 Å². The van der Waals surface area contributed by atoms with E-state index in [-0.39, 0.29) is 11.3 Å². The van der Waals surface area contributed by atoms with E-state index in [9.17, 15) is 18.0 Å². The molecule has 0 spiro atoms. The van der Waals surface area contributed by atoms with E-state index in [4.69, 9.17) is 0 Å². The van der Waals surface area contributed by atoms with Gasteiger partial charge in [0.1, 0.15) is 5.56 Å². The van der Waals surface area contributed by atoms with Gasteiger partial charge in [-0.05, 0) is 12.1 Å². The van der Waals surface area contributed by atoms with E-state index in [0.29, 0.717) is 0 Å². The molecule has 8 nitrogen and oxygen atoms in total. The average Bonchev–Trinajstić information content (AvgIpc) is 2.26. The SMILES string of the molecule is COC(=O)c1ccccc1OS(=O)(=O)NC(N)=O. The fourth-order valence-electron chi connectivity index (χ4n) is 1.08. The molecule has 0 aliphatic heterocycles. The Hall–Kier alpha value is -2.29. The molecule has 0 radical (unpaired) electrons. The maximum atomic E-state index is 11.3. The smallest absolute Gasteiger partial charge is 0.411 e. The van der Waals surface area contributed by atoms with Gasteiger partial charge in [-0.15, -0.1) is 0 Å². The molecule has 0 aromatic heterocycles. The number of primary amides is 1. The van der Waals surface area contributed by atoms with Crippen LogP contribution in [0.15, 0.2) is 24.3 Å². The molecule has 98 valence electrons. The largest absolute Gasteiger partial charge is 0.465 e. The normalized spacial score (nSPS) is 10.5. The van der Waals surface area contributed by atoms with Crippen LogP contribution in [0.25, 0.3) is 0 Å². The standard InChI is InChI=1S/C9H10N2O6S/c1-16-8(12)6-4-2-3-5-7(6)17-18(14,15)11-9(10)13/h2-5H,1H3,(H3,10,11,13). The van der Waals surface area contributed by atoms with Gasteiger partial charge >= 0.3 is 22.3 Å². The summed E-state index contributed by atoms with van der Waals surface area (Å²) >= 11 is 0. The molecule has 0 saturated heterocycles. The highest BCUT2D eigenvalue weighted by molar-refractivity contribution is 7.85. The zero-order chi connectivity index (χ0) is 13.8. The maximum Gasteiger partial charge on any atom is 0.411 e. The first-order chi connectivity index (χ1) is 8.35. The molecular weight excluding hydrogens is 264 g/mol. The summed E-state index contributed by atoms with van der Waals surface area (Å²) in [6, 6.07) is 4.17. The average molecular weight is 274 g/mol. The third-order valence-corrected chi connectivity index (χ3v) is 2.57. The number of hydrogen-bond acceptors (Lipinski definition) is 6. The molecule has 0 unspecified atom stereocenters. The van der Waals surface area contributed by atoms with Crippen LogP contribution in [0, 0.1) is 0 Å². The van der Waals surface area contributed by atoms with Crippen molar-refractivity contribution in [1.82, 2.24) is 4.72 Å². The highest BCUT2D eigenvalue weighted by Gasteiger charge is 2.19. The van der Waals surface area contributed by atoms with Crippen LogP contribution < -0.4 is 14.6 Å². The number of hydrogen-bond donors (Lipinski definition) is 2. The summed E-state index contributed by atoms with van der Waals surface area (Å²) < 4.78 is 32.9. The van der Waals surface area contributed by atoms with Crippen molar-refractivity contribution in [3.05, 3.63) is 29.8 Å². The van der Waals surface area contributed by atoms with Gasteiger partial charge in [0.2, 0.25) is 0 Å². The molecule has 1 rings (SSSR count). The quantitative estimate of drug-likeness (QED) is 0.730. The molecule has 0 atom stereocenters. The van der Waals surface area contributed by atoms with Gasteiger partial charge in [-0.25, -0.2) is 14.3 Å². The molecule has 0 fully saturated rings. The lowest BCUT2D eigenvalue weighted by atomic mass is 10.2. The third kappa shape index (κ3) is 3.63. The molecule has 1 aromatic carbocycles. The summed E-state index contributed by atoms with van der Waals surface area (Å²) in [6.07, 6.45) is 0. The van der Waals surface area contributed by atoms with Gasteiger partial charge in [0, 0.05) is 0 Å². The number of carbonyl (C=O) groups is 2. The zero-order valence-electron chi connectivity index (χ0n) is 9.24. The Morgan fingerprint density at radius 2 is 1.89 bits per heavy atom. The Kier molecular flexibility index (Phi) is 4.10. The number of nitrogens with one attached hydrogen (secondary N) is 1. The monoisotopic (exact) mass is 274 g/mol. The van der Waals surface area contributed by atoms with Crippen LogP contribution in [0.4, 0.5) is 4.79 Å². The molecule has 0 heterocycles. The Balaban J connectivity index is 3.05. The molecule has 0 aliphatic carbocycles. The minimum Gasteiger partial charge on any atom is -0.465 e. The molecule has 0 bridgehead atoms. The van der Waals surface area contributed by atoms with Crippen LogP contribution in [-0.2, 0) is 15.0 Å². The van der Waals surface area contributed by atoms with Gasteiger partial charge in [-0.2, -0.15) is 8.42 Å². The molecule has 3 N–H and O–H groups in total. The second-order valence-corrected chi connectivity index (χ2v) is 4.27. The van der Waals surface area contributed by atoms with Crippen molar-refractivity contribution in [2.45, 2.75) is 0 Å². The van der Waals surface area contributed by atoms with Crippen molar-refractivity contribution in [2.24, 2.45) is 5.73 Å². The van der Waals surface area contributed by atoms with Crippen LogP contribution in [-0.4, -0.2) is 27.5 Å². The topological polar surface area (TPSA) is 125 Å². The molecule has 1 aromatic rings. The number of amides is 2. The van der Waals surface area contributed by atoms with E-state index in [0.717, 1.165) is 7.11 Å². The number of methoxy groups -OCH3 is 1. The predicted molar refractivity (Wildman–Crippen MR) is 60.0 cm³/mol. The van der Waals surface area contributed by atoms with Gasteiger partial charge in [0.15, 0.2) is 5.75 Å². The highest BCUT2D eigenvalue weighted by Crippen LogP contribution is 2.20. The van der Waals surface area contributed by atoms with Gasteiger partial charge in [-0.3, -0.25) is 0 Å². The van der Waals surface area contributed by atoms with Crippen LogP contribution in [0.3, 0.4) is 0 Å². The fourth-order valence-corrected chi connectivity index (χ4v) is 1.75. The lowest BCUT2D eigenvalue weighted by molar-refractivity contribution is 0.0599. The number of carbonyl (C=O) groups excluding carboxylic acids is 2. The lowest BCUT2D eigenvalue weighted by Crippen LogP contribution is -2.37. The summed E-state index contributed by atoms with van der Waals surface area (Å²) in [5.74, 6) is -1.06. The summed E-state index contributed by atoms with van der Waals surface area (Å²) in [6.45, 7) is 0. The summed E-state index contributed by atoms with van der Waals surface area (Å²) in [7, 11) is -3.30. The molecule has 2 amide bonds. The minimum atomic E-state index is -4.43. The second kappa shape index (κ2) is 5.36. The number of urea groups is 1. The zero-order valence-corrected chi connectivity index (χ0v) is 10.1. The Morgan fingerprint density at radius 3 is 2.44 bits per heavy atom. The minimum absolute atomic E-state index is 0.102. The Morgan fingerprint density at radius 1 is 1.28 bits per heavy atom. The van der Waals surface area contributed by atoms with Crippen LogP contribution in [0.5, 0.6) is 5.75 Å². The summed E-state index contributed by atoms with van der Waals surface area (Å²) in [5, 5.41) is 0. The number of esters is 1. The van der Waals surface area contributed by atoms with Gasteiger partial charge < -0.3 is 14.7 Å². The Labute approximate surface area is 103 Å². The molecule has 9 heteroatoms.